The molecule has 0 aliphatic heterocycles. The Bertz CT molecular complexity index is 1140. The summed E-state index contributed by atoms with van der Waals surface area (Å²) in [5.41, 5.74) is 1.09. The van der Waals surface area contributed by atoms with Crippen molar-refractivity contribution in [3.63, 3.8) is 0 Å². The van der Waals surface area contributed by atoms with Crippen LogP contribution in [0.4, 0.5) is 5.69 Å². The Morgan fingerprint density at radius 2 is 1.72 bits per heavy atom. The van der Waals surface area contributed by atoms with Gasteiger partial charge < -0.3 is 0 Å². The van der Waals surface area contributed by atoms with Gasteiger partial charge in [-0.3, -0.25) is 4.72 Å². The molecule has 4 rings (SSSR count). The van der Waals surface area contributed by atoms with Gasteiger partial charge in [0.15, 0.2) is 0 Å². The third-order valence-electron chi connectivity index (χ3n) is 3.75. The molecule has 0 aliphatic rings. The number of tetrazole rings is 1. The van der Waals surface area contributed by atoms with Crippen molar-refractivity contribution in [3.8, 4) is 11.4 Å². The normalized spacial score (nSPS) is 11.5. The van der Waals surface area contributed by atoms with Gasteiger partial charge in [0.1, 0.15) is 0 Å². The zero-order valence-corrected chi connectivity index (χ0v) is 13.7. The molecule has 1 heterocycles. The van der Waals surface area contributed by atoms with Crippen LogP contribution < -0.4 is 4.72 Å². The third kappa shape index (κ3) is 3.07. The first-order valence-corrected chi connectivity index (χ1v) is 8.96. The summed E-state index contributed by atoms with van der Waals surface area (Å²) in [5, 5.41) is 15.5. The number of aromatic nitrogens is 4. The lowest BCUT2D eigenvalue weighted by atomic mass is 10.1. The number of fused-ring (bicyclic) bond motifs is 1. The zero-order valence-electron chi connectivity index (χ0n) is 12.9. The molecule has 0 fully saturated rings. The number of anilines is 1. The average Bonchev–Trinajstić information content (AvgIpc) is 3.16. The van der Waals surface area contributed by atoms with Crippen molar-refractivity contribution in [2.24, 2.45) is 0 Å². The van der Waals surface area contributed by atoms with Gasteiger partial charge in [0.05, 0.1) is 4.90 Å². The molecule has 0 atom stereocenters. The van der Waals surface area contributed by atoms with Crippen LogP contribution in [0.1, 0.15) is 0 Å². The number of aromatic amines is 1. The summed E-state index contributed by atoms with van der Waals surface area (Å²) in [7, 11) is -3.70. The number of nitrogens with zero attached hydrogens (tertiary/aromatic N) is 3. The molecule has 0 radical (unpaired) electrons. The first kappa shape index (κ1) is 15.3. The first-order chi connectivity index (χ1) is 12.1. The molecule has 0 unspecified atom stereocenters. The second-order valence-corrected chi connectivity index (χ2v) is 7.11. The van der Waals surface area contributed by atoms with Crippen molar-refractivity contribution in [3.05, 3.63) is 66.7 Å². The fourth-order valence-electron chi connectivity index (χ4n) is 2.55. The number of sulfonamides is 1. The Morgan fingerprint density at radius 1 is 0.880 bits per heavy atom. The summed E-state index contributed by atoms with van der Waals surface area (Å²) < 4.78 is 28.0. The number of hydrogen-bond donors (Lipinski definition) is 2. The zero-order chi connectivity index (χ0) is 17.3. The summed E-state index contributed by atoms with van der Waals surface area (Å²) in [6.45, 7) is 0. The van der Waals surface area contributed by atoms with Gasteiger partial charge in [-0.2, -0.15) is 5.21 Å². The lowest BCUT2D eigenvalue weighted by Gasteiger charge is -2.09. The molecule has 0 spiro atoms. The standard InChI is InChI=1S/C17H13N5O2S/c23-25(24,16-9-8-12-4-1-2-5-13(12)11-16)20-15-7-3-6-14(10-15)17-18-21-22-19-17/h1-11,20H,(H,18,19,21,22). The lowest BCUT2D eigenvalue weighted by molar-refractivity contribution is 0.601. The van der Waals surface area contributed by atoms with Crippen molar-refractivity contribution in [1.82, 2.24) is 20.6 Å². The van der Waals surface area contributed by atoms with Gasteiger partial charge in [0.2, 0.25) is 5.82 Å². The first-order valence-electron chi connectivity index (χ1n) is 7.47. The van der Waals surface area contributed by atoms with E-state index in [-0.39, 0.29) is 4.90 Å². The minimum atomic E-state index is -3.70. The van der Waals surface area contributed by atoms with E-state index in [0.717, 1.165) is 10.8 Å². The third-order valence-corrected chi connectivity index (χ3v) is 5.13. The molecule has 25 heavy (non-hydrogen) atoms. The molecule has 4 aromatic rings. The van der Waals surface area contributed by atoms with E-state index in [0.29, 0.717) is 17.1 Å². The Kier molecular flexibility index (Phi) is 3.66. The molecule has 0 saturated heterocycles. The number of hydrogen-bond acceptors (Lipinski definition) is 5. The fraction of sp³-hybridized carbons (Fsp3) is 0. The van der Waals surface area contributed by atoms with Gasteiger partial charge in [-0.1, -0.05) is 42.5 Å². The number of rotatable bonds is 4. The lowest BCUT2D eigenvalue weighted by Crippen LogP contribution is -2.12. The fourth-order valence-corrected chi connectivity index (χ4v) is 3.64. The van der Waals surface area contributed by atoms with Crippen molar-refractivity contribution in [1.29, 1.82) is 0 Å². The van der Waals surface area contributed by atoms with Crippen LogP contribution in [-0.2, 0) is 10.0 Å². The molecule has 3 aromatic carbocycles. The van der Waals surface area contributed by atoms with E-state index in [9.17, 15) is 8.42 Å². The van der Waals surface area contributed by atoms with Crippen LogP contribution in [0.5, 0.6) is 0 Å². The van der Waals surface area contributed by atoms with Gasteiger partial charge >= 0.3 is 0 Å². The molecule has 0 bridgehead atoms. The smallest absolute Gasteiger partial charge is 0.261 e. The van der Waals surface area contributed by atoms with Crippen LogP contribution in [0.25, 0.3) is 22.2 Å². The maximum absolute atomic E-state index is 12.7. The van der Waals surface area contributed by atoms with Gasteiger partial charge in [0.25, 0.3) is 10.0 Å². The summed E-state index contributed by atoms with van der Waals surface area (Å²) in [6.07, 6.45) is 0. The topological polar surface area (TPSA) is 101 Å². The van der Waals surface area contributed by atoms with Crippen LogP contribution in [0.2, 0.25) is 0 Å². The minimum absolute atomic E-state index is 0.205. The average molecular weight is 351 g/mol. The predicted octanol–water partition coefficient (Wildman–Crippen LogP) is 2.82. The van der Waals surface area contributed by atoms with Crippen molar-refractivity contribution >= 4 is 26.5 Å². The highest BCUT2D eigenvalue weighted by molar-refractivity contribution is 7.92. The van der Waals surface area contributed by atoms with E-state index in [4.69, 9.17) is 0 Å². The molecule has 1 aromatic heterocycles. The molecule has 2 N–H and O–H groups in total. The van der Waals surface area contributed by atoms with E-state index in [1.54, 1.807) is 42.5 Å². The summed E-state index contributed by atoms with van der Waals surface area (Å²) in [6, 6.07) is 19.5. The van der Waals surface area contributed by atoms with Gasteiger partial charge in [-0.15, -0.1) is 10.2 Å². The van der Waals surface area contributed by atoms with E-state index >= 15 is 0 Å². The molecule has 0 amide bonds. The molecule has 8 heteroatoms. The maximum Gasteiger partial charge on any atom is 0.261 e. The summed E-state index contributed by atoms with van der Waals surface area (Å²) in [5.74, 6) is 0.395. The Balaban J connectivity index is 1.68. The summed E-state index contributed by atoms with van der Waals surface area (Å²) in [4.78, 5) is 0.205. The SMILES string of the molecule is O=S(=O)(Nc1cccc(-c2nn[nH]n2)c1)c1ccc2ccccc2c1. The number of nitrogens with one attached hydrogen (secondary N) is 2. The Morgan fingerprint density at radius 3 is 2.52 bits per heavy atom. The molecular weight excluding hydrogens is 338 g/mol. The second kappa shape index (κ2) is 5.99. The molecule has 124 valence electrons. The molecular formula is C17H13N5O2S. The highest BCUT2D eigenvalue weighted by atomic mass is 32.2. The molecule has 7 nitrogen and oxygen atoms in total. The van der Waals surface area contributed by atoms with E-state index < -0.39 is 10.0 Å². The minimum Gasteiger partial charge on any atom is -0.280 e. The van der Waals surface area contributed by atoms with Gasteiger partial charge in [0, 0.05) is 11.3 Å². The summed E-state index contributed by atoms with van der Waals surface area (Å²) >= 11 is 0. The monoisotopic (exact) mass is 351 g/mol. The van der Waals surface area contributed by atoms with E-state index in [2.05, 4.69) is 25.3 Å². The highest BCUT2D eigenvalue weighted by Gasteiger charge is 2.15. The van der Waals surface area contributed by atoms with Crippen molar-refractivity contribution in [2.75, 3.05) is 4.72 Å². The maximum atomic E-state index is 12.7. The van der Waals surface area contributed by atoms with Crippen molar-refractivity contribution < 1.29 is 8.42 Å². The van der Waals surface area contributed by atoms with Crippen molar-refractivity contribution in [2.45, 2.75) is 4.90 Å². The quantitative estimate of drug-likeness (QED) is 0.589. The molecule has 0 aliphatic carbocycles. The molecule has 0 saturated carbocycles. The van der Waals surface area contributed by atoms with Crippen LogP contribution >= 0.6 is 0 Å². The van der Waals surface area contributed by atoms with Gasteiger partial charge in [-0.05, 0) is 40.3 Å². The number of benzene rings is 3. The Hall–Kier alpha value is -3.26. The number of H-pyrrole nitrogens is 1. The largest absolute Gasteiger partial charge is 0.280 e. The van der Waals surface area contributed by atoms with Crippen LogP contribution in [0.15, 0.2) is 71.6 Å². The van der Waals surface area contributed by atoms with Crippen LogP contribution in [0.3, 0.4) is 0 Å². The predicted molar refractivity (Wildman–Crippen MR) is 94.4 cm³/mol. The highest BCUT2D eigenvalue weighted by Crippen LogP contribution is 2.23. The second-order valence-electron chi connectivity index (χ2n) is 5.43. The van der Waals surface area contributed by atoms with Gasteiger partial charge in [-0.25, -0.2) is 8.42 Å². The van der Waals surface area contributed by atoms with E-state index in [1.165, 1.54) is 0 Å². The van der Waals surface area contributed by atoms with Crippen LogP contribution in [0, 0.1) is 0 Å². The van der Waals surface area contributed by atoms with E-state index in [1.807, 2.05) is 24.3 Å². The Labute approximate surface area is 143 Å². The van der Waals surface area contributed by atoms with Crippen LogP contribution in [-0.4, -0.2) is 29.0 Å².